The van der Waals surface area contributed by atoms with Gasteiger partial charge in [-0.3, -0.25) is 4.98 Å². The van der Waals surface area contributed by atoms with E-state index in [-0.39, 0.29) is 12.1 Å². The molecular weight excluding hydrogens is 388 g/mol. The minimum absolute atomic E-state index is 0.0211. The normalized spacial score (nSPS) is 19.1. The molecule has 6 heteroatoms. The van der Waals surface area contributed by atoms with Crippen molar-refractivity contribution in [2.75, 3.05) is 6.54 Å². The maximum absolute atomic E-state index is 6.08. The SMILES string of the molecule is CCN1C(=S)N[C@H](c2ccccn2)[C@H]1c1cc(C)n(-c2ccc(Cl)cc2)c1C. The molecule has 1 aromatic carbocycles. The average Bonchev–Trinajstić information content (AvgIpc) is 3.18. The third-order valence-electron chi connectivity index (χ3n) is 5.41. The van der Waals surface area contributed by atoms with Crippen LogP contribution in [0.4, 0.5) is 0 Å². The zero-order chi connectivity index (χ0) is 19.8. The molecule has 0 aliphatic carbocycles. The summed E-state index contributed by atoms with van der Waals surface area (Å²) in [5.74, 6) is 0. The van der Waals surface area contributed by atoms with E-state index in [1.54, 1.807) is 0 Å². The van der Waals surface area contributed by atoms with Crippen LogP contribution < -0.4 is 5.32 Å². The molecular formula is C22H23ClN4S. The first kappa shape index (κ1) is 19.0. The van der Waals surface area contributed by atoms with Crippen LogP contribution in [0.15, 0.2) is 54.7 Å². The average molecular weight is 411 g/mol. The molecule has 0 amide bonds. The predicted molar refractivity (Wildman–Crippen MR) is 118 cm³/mol. The number of likely N-dealkylation sites (N-methyl/N-ethyl adjacent to an activating group) is 1. The van der Waals surface area contributed by atoms with Crippen molar-refractivity contribution in [3.63, 3.8) is 0 Å². The second-order valence-corrected chi connectivity index (χ2v) is 7.87. The summed E-state index contributed by atoms with van der Waals surface area (Å²) in [5.41, 5.74) is 5.76. The van der Waals surface area contributed by atoms with E-state index in [2.05, 4.69) is 64.8 Å². The highest BCUT2D eigenvalue weighted by Gasteiger charge is 2.40. The van der Waals surface area contributed by atoms with Crippen molar-refractivity contribution in [1.82, 2.24) is 19.8 Å². The molecule has 2 atom stereocenters. The number of hydrogen-bond acceptors (Lipinski definition) is 2. The maximum atomic E-state index is 6.08. The van der Waals surface area contributed by atoms with Gasteiger partial charge in [-0.1, -0.05) is 17.7 Å². The quantitative estimate of drug-likeness (QED) is 0.604. The summed E-state index contributed by atoms with van der Waals surface area (Å²) in [6.07, 6.45) is 1.84. The van der Waals surface area contributed by atoms with Gasteiger partial charge in [0.25, 0.3) is 0 Å². The number of nitrogens with one attached hydrogen (secondary N) is 1. The van der Waals surface area contributed by atoms with Gasteiger partial charge in [-0.05, 0) is 81.0 Å². The Hall–Kier alpha value is -2.37. The van der Waals surface area contributed by atoms with Crippen LogP contribution in [0.1, 0.15) is 41.7 Å². The van der Waals surface area contributed by atoms with Gasteiger partial charge in [0.15, 0.2) is 5.11 Å². The summed E-state index contributed by atoms with van der Waals surface area (Å²) < 4.78 is 2.27. The van der Waals surface area contributed by atoms with Crippen molar-refractivity contribution < 1.29 is 0 Å². The number of halogens is 1. The van der Waals surface area contributed by atoms with Crippen molar-refractivity contribution in [3.8, 4) is 5.69 Å². The largest absolute Gasteiger partial charge is 0.352 e. The Morgan fingerprint density at radius 1 is 1.14 bits per heavy atom. The molecule has 1 N–H and O–H groups in total. The molecule has 0 unspecified atom stereocenters. The summed E-state index contributed by atoms with van der Waals surface area (Å²) in [7, 11) is 0. The molecule has 1 fully saturated rings. The molecule has 3 heterocycles. The van der Waals surface area contributed by atoms with Gasteiger partial charge in [-0.25, -0.2) is 0 Å². The van der Waals surface area contributed by atoms with Crippen LogP contribution in [0.25, 0.3) is 5.69 Å². The summed E-state index contributed by atoms with van der Waals surface area (Å²) in [5, 5.41) is 5.01. The summed E-state index contributed by atoms with van der Waals surface area (Å²) in [4.78, 5) is 6.85. The highest BCUT2D eigenvalue weighted by molar-refractivity contribution is 7.80. The zero-order valence-electron chi connectivity index (χ0n) is 16.2. The van der Waals surface area contributed by atoms with Crippen LogP contribution in [-0.4, -0.2) is 26.1 Å². The summed E-state index contributed by atoms with van der Waals surface area (Å²) in [6, 6.07) is 16.4. The van der Waals surface area contributed by atoms with Crippen molar-refractivity contribution in [2.24, 2.45) is 0 Å². The molecule has 144 valence electrons. The lowest BCUT2D eigenvalue weighted by Crippen LogP contribution is -2.29. The Morgan fingerprint density at radius 2 is 1.89 bits per heavy atom. The van der Waals surface area contributed by atoms with E-state index in [1.807, 2.05) is 30.5 Å². The Kier molecular flexibility index (Phi) is 5.13. The number of aryl methyl sites for hydroxylation is 1. The fourth-order valence-electron chi connectivity index (χ4n) is 4.16. The van der Waals surface area contributed by atoms with Gasteiger partial charge in [0.05, 0.1) is 17.8 Å². The molecule has 0 bridgehead atoms. The lowest BCUT2D eigenvalue weighted by molar-refractivity contribution is 0.329. The molecule has 4 rings (SSSR count). The van der Waals surface area contributed by atoms with Crippen LogP contribution in [0.3, 0.4) is 0 Å². The topological polar surface area (TPSA) is 33.1 Å². The molecule has 1 aliphatic heterocycles. The number of hydrogen-bond donors (Lipinski definition) is 1. The van der Waals surface area contributed by atoms with E-state index in [4.69, 9.17) is 23.8 Å². The predicted octanol–water partition coefficient (Wildman–Crippen LogP) is 5.13. The number of aromatic nitrogens is 2. The zero-order valence-corrected chi connectivity index (χ0v) is 17.8. The smallest absolute Gasteiger partial charge is 0.170 e. The van der Waals surface area contributed by atoms with Crippen molar-refractivity contribution in [3.05, 3.63) is 82.4 Å². The molecule has 0 saturated carbocycles. The Balaban J connectivity index is 1.82. The van der Waals surface area contributed by atoms with E-state index >= 15 is 0 Å². The fourth-order valence-corrected chi connectivity index (χ4v) is 4.65. The maximum Gasteiger partial charge on any atom is 0.170 e. The van der Waals surface area contributed by atoms with Gasteiger partial charge in [0, 0.05) is 34.8 Å². The van der Waals surface area contributed by atoms with Crippen LogP contribution in [0.2, 0.25) is 5.02 Å². The highest BCUT2D eigenvalue weighted by Crippen LogP contribution is 2.41. The van der Waals surface area contributed by atoms with E-state index in [0.29, 0.717) is 0 Å². The van der Waals surface area contributed by atoms with Crippen LogP contribution in [0, 0.1) is 13.8 Å². The van der Waals surface area contributed by atoms with Crippen LogP contribution in [-0.2, 0) is 0 Å². The summed E-state index contributed by atoms with van der Waals surface area (Å²) >= 11 is 11.7. The molecule has 1 saturated heterocycles. The molecule has 28 heavy (non-hydrogen) atoms. The number of nitrogens with zero attached hydrogens (tertiary/aromatic N) is 3. The van der Waals surface area contributed by atoms with Gasteiger partial charge < -0.3 is 14.8 Å². The second-order valence-electron chi connectivity index (χ2n) is 7.05. The first-order valence-corrected chi connectivity index (χ1v) is 10.2. The molecule has 0 spiro atoms. The van der Waals surface area contributed by atoms with Gasteiger partial charge in [0.1, 0.15) is 0 Å². The third kappa shape index (κ3) is 3.19. The lowest BCUT2D eigenvalue weighted by Gasteiger charge is -2.27. The molecule has 3 aromatic rings. The molecule has 2 aromatic heterocycles. The Bertz CT molecular complexity index is 997. The van der Waals surface area contributed by atoms with E-state index in [0.717, 1.165) is 28.1 Å². The van der Waals surface area contributed by atoms with Crippen LogP contribution in [0.5, 0.6) is 0 Å². The molecule has 4 nitrogen and oxygen atoms in total. The van der Waals surface area contributed by atoms with Crippen molar-refractivity contribution in [1.29, 1.82) is 0 Å². The number of pyridine rings is 1. The summed E-state index contributed by atoms with van der Waals surface area (Å²) in [6.45, 7) is 7.28. The van der Waals surface area contributed by atoms with Crippen molar-refractivity contribution in [2.45, 2.75) is 32.9 Å². The second kappa shape index (κ2) is 7.57. The van der Waals surface area contributed by atoms with Crippen molar-refractivity contribution >= 4 is 28.9 Å². The molecule has 1 aliphatic rings. The first-order valence-electron chi connectivity index (χ1n) is 9.44. The first-order chi connectivity index (χ1) is 13.5. The highest BCUT2D eigenvalue weighted by atomic mass is 35.5. The minimum atomic E-state index is 0.0211. The Morgan fingerprint density at radius 3 is 2.54 bits per heavy atom. The number of rotatable bonds is 4. The monoisotopic (exact) mass is 410 g/mol. The number of benzene rings is 1. The molecule has 0 radical (unpaired) electrons. The Labute approximate surface area is 176 Å². The van der Waals surface area contributed by atoms with Crippen LogP contribution >= 0.6 is 23.8 Å². The third-order valence-corrected chi connectivity index (χ3v) is 6.02. The van der Waals surface area contributed by atoms with Gasteiger partial charge in [0.2, 0.25) is 0 Å². The number of thiocarbonyl (C=S) groups is 1. The van der Waals surface area contributed by atoms with E-state index in [9.17, 15) is 0 Å². The van der Waals surface area contributed by atoms with E-state index < -0.39 is 0 Å². The van der Waals surface area contributed by atoms with Gasteiger partial charge in [-0.15, -0.1) is 0 Å². The fraction of sp³-hybridized carbons (Fsp3) is 0.273. The van der Waals surface area contributed by atoms with E-state index in [1.165, 1.54) is 17.0 Å². The standard InChI is InChI=1S/C22H23ClN4S/c1-4-26-21(20(25-22(26)28)19-7-5-6-12-24-19)18-13-14(2)27(15(18)3)17-10-8-16(23)9-11-17/h5-13,20-21H,4H2,1-3H3,(H,25,28)/t20-,21-/m1/s1. The van der Waals surface area contributed by atoms with Gasteiger partial charge >= 0.3 is 0 Å². The lowest BCUT2D eigenvalue weighted by atomic mass is 9.97. The van der Waals surface area contributed by atoms with Gasteiger partial charge in [-0.2, -0.15) is 0 Å². The minimum Gasteiger partial charge on any atom is -0.352 e.